The summed E-state index contributed by atoms with van der Waals surface area (Å²) in [6.07, 6.45) is 0. The molecule has 1 heterocycles. The van der Waals surface area contributed by atoms with Crippen molar-refractivity contribution in [2.75, 3.05) is 0 Å². The molecule has 0 saturated heterocycles. The van der Waals surface area contributed by atoms with E-state index in [0.29, 0.717) is 16.7 Å². The van der Waals surface area contributed by atoms with Gasteiger partial charge >= 0.3 is 0 Å². The molecule has 0 aliphatic heterocycles. The second-order valence-corrected chi connectivity index (χ2v) is 6.03. The molecule has 5 nitrogen and oxygen atoms in total. The van der Waals surface area contributed by atoms with E-state index in [1.165, 1.54) is 4.68 Å². The zero-order valence-corrected chi connectivity index (χ0v) is 13.8. The van der Waals surface area contributed by atoms with Gasteiger partial charge in [-0.25, -0.2) is 0 Å². The Bertz CT molecular complexity index is 864. The van der Waals surface area contributed by atoms with E-state index < -0.39 is 0 Å². The molecular weight excluding hydrogens is 402 g/mol. The van der Waals surface area contributed by atoms with Crippen molar-refractivity contribution in [1.29, 1.82) is 0 Å². The molecule has 7 heteroatoms. The van der Waals surface area contributed by atoms with Crippen molar-refractivity contribution in [1.82, 2.24) is 15.0 Å². The normalized spacial score (nSPS) is 10.8. The van der Waals surface area contributed by atoms with Crippen molar-refractivity contribution >= 4 is 42.8 Å². The zero-order chi connectivity index (χ0) is 14.8. The molecule has 2 aromatic carbocycles. The van der Waals surface area contributed by atoms with Gasteiger partial charge in [0.15, 0.2) is 6.73 Å². The van der Waals surface area contributed by atoms with Gasteiger partial charge in [0.25, 0.3) is 5.56 Å². The van der Waals surface area contributed by atoms with Crippen LogP contribution in [0.15, 0.2) is 56.2 Å². The molecule has 3 aromatic rings. The van der Waals surface area contributed by atoms with E-state index in [9.17, 15) is 4.79 Å². The van der Waals surface area contributed by atoms with Crippen molar-refractivity contribution in [2.45, 2.75) is 6.73 Å². The molecule has 0 unspecified atom stereocenters. The van der Waals surface area contributed by atoms with Gasteiger partial charge in [0.1, 0.15) is 11.3 Å². The lowest BCUT2D eigenvalue weighted by Crippen LogP contribution is -2.26. The molecule has 0 bridgehead atoms. The third kappa shape index (κ3) is 2.98. The Balaban J connectivity index is 1.88. The lowest BCUT2D eigenvalue weighted by Gasteiger charge is -2.09. The van der Waals surface area contributed by atoms with Gasteiger partial charge in [-0.15, -0.1) is 5.10 Å². The van der Waals surface area contributed by atoms with Crippen LogP contribution >= 0.6 is 31.9 Å². The number of nitrogens with zero attached hydrogens (tertiary/aromatic N) is 3. The average molecular weight is 411 g/mol. The van der Waals surface area contributed by atoms with Gasteiger partial charge in [0, 0.05) is 4.47 Å². The molecule has 1 aromatic heterocycles. The molecule has 106 valence electrons. The average Bonchev–Trinajstić information content (AvgIpc) is 2.48. The summed E-state index contributed by atoms with van der Waals surface area (Å²) in [4.78, 5) is 12.2. The van der Waals surface area contributed by atoms with Crippen LogP contribution in [0, 0.1) is 0 Å². The second-order valence-electron chi connectivity index (χ2n) is 4.26. The maximum atomic E-state index is 12.2. The maximum Gasteiger partial charge on any atom is 0.280 e. The van der Waals surface area contributed by atoms with E-state index >= 15 is 0 Å². The molecule has 21 heavy (non-hydrogen) atoms. The first-order chi connectivity index (χ1) is 10.1. The van der Waals surface area contributed by atoms with Crippen LogP contribution in [-0.4, -0.2) is 15.0 Å². The molecule has 0 aliphatic carbocycles. The SMILES string of the molecule is O=c1c2ccccc2nnn1COc1ccc(Br)cc1Br. The number of fused-ring (bicyclic) bond motifs is 1. The van der Waals surface area contributed by atoms with Crippen LogP contribution in [0.2, 0.25) is 0 Å². The van der Waals surface area contributed by atoms with Gasteiger partial charge in [0.05, 0.1) is 9.86 Å². The van der Waals surface area contributed by atoms with Crippen molar-refractivity contribution in [3.63, 3.8) is 0 Å². The molecule has 0 spiro atoms. The Hall–Kier alpha value is -1.73. The quantitative estimate of drug-likeness (QED) is 0.664. The summed E-state index contributed by atoms with van der Waals surface area (Å²) in [5, 5.41) is 8.40. The smallest absolute Gasteiger partial charge is 0.280 e. The molecule has 0 N–H and O–H groups in total. The number of aromatic nitrogens is 3. The maximum absolute atomic E-state index is 12.2. The summed E-state index contributed by atoms with van der Waals surface area (Å²) in [5.41, 5.74) is 0.345. The van der Waals surface area contributed by atoms with Gasteiger partial charge in [0.2, 0.25) is 0 Å². The monoisotopic (exact) mass is 409 g/mol. The highest BCUT2D eigenvalue weighted by molar-refractivity contribution is 9.11. The fourth-order valence-electron chi connectivity index (χ4n) is 1.83. The molecule has 0 fully saturated rings. The van der Waals surface area contributed by atoms with Gasteiger partial charge in [-0.1, -0.05) is 33.3 Å². The summed E-state index contributed by atoms with van der Waals surface area (Å²) < 4.78 is 8.52. The molecule has 0 aliphatic rings. The number of ether oxygens (including phenoxy) is 1. The van der Waals surface area contributed by atoms with Crippen molar-refractivity contribution < 1.29 is 4.74 Å². The predicted octanol–water partition coefficient (Wildman–Crippen LogP) is 3.35. The minimum absolute atomic E-state index is 0.00308. The predicted molar refractivity (Wildman–Crippen MR) is 86.3 cm³/mol. The fraction of sp³-hybridized carbons (Fsp3) is 0.0714. The van der Waals surface area contributed by atoms with Crippen molar-refractivity contribution in [3.05, 3.63) is 61.8 Å². The first kappa shape index (κ1) is 14.2. The summed E-state index contributed by atoms with van der Waals surface area (Å²) >= 11 is 6.77. The summed E-state index contributed by atoms with van der Waals surface area (Å²) in [6, 6.07) is 12.6. The molecule has 0 atom stereocenters. The van der Waals surface area contributed by atoms with Crippen LogP contribution in [-0.2, 0) is 6.73 Å². The molecule has 0 saturated carbocycles. The molecule has 0 amide bonds. The summed E-state index contributed by atoms with van der Waals surface area (Å²) in [6.45, 7) is -0.00308. The van der Waals surface area contributed by atoms with Crippen LogP contribution in [0.5, 0.6) is 5.75 Å². The minimum atomic E-state index is -0.228. The van der Waals surface area contributed by atoms with Crippen LogP contribution in [0.4, 0.5) is 0 Å². The Morgan fingerprint density at radius 1 is 1.14 bits per heavy atom. The third-order valence-corrected chi connectivity index (χ3v) is 3.98. The standard InChI is InChI=1S/C14H9Br2N3O2/c15-9-5-6-13(11(16)7-9)21-8-19-14(20)10-3-1-2-4-12(10)17-18-19/h1-7H,8H2. The minimum Gasteiger partial charge on any atom is -0.470 e. The Morgan fingerprint density at radius 3 is 2.76 bits per heavy atom. The van der Waals surface area contributed by atoms with Gasteiger partial charge in [-0.2, -0.15) is 4.68 Å². The van der Waals surface area contributed by atoms with Crippen LogP contribution < -0.4 is 10.3 Å². The molecular formula is C14H9Br2N3O2. The van der Waals surface area contributed by atoms with Crippen molar-refractivity contribution in [2.24, 2.45) is 0 Å². The van der Waals surface area contributed by atoms with Crippen LogP contribution in [0.3, 0.4) is 0 Å². The number of hydrogen-bond acceptors (Lipinski definition) is 4. The van der Waals surface area contributed by atoms with E-state index in [1.54, 1.807) is 24.3 Å². The highest BCUT2D eigenvalue weighted by Gasteiger charge is 2.07. The largest absolute Gasteiger partial charge is 0.470 e. The number of benzene rings is 2. The topological polar surface area (TPSA) is 57.0 Å². The summed E-state index contributed by atoms with van der Waals surface area (Å²) in [7, 11) is 0. The first-order valence-electron chi connectivity index (χ1n) is 6.05. The van der Waals surface area contributed by atoms with E-state index in [4.69, 9.17) is 4.74 Å². The Labute approximate surface area is 136 Å². The summed E-state index contributed by atoms with van der Waals surface area (Å²) in [5.74, 6) is 0.625. The van der Waals surface area contributed by atoms with E-state index in [1.807, 2.05) is 18.2 Å². The van der Waals surface area contributed by atoms with E-state index in [2.05, 4.69) is 42.2 Å². The third-order valence-electron chi connectivity index (χ3n) is 2.87. The Morgan fingerprint density at radius 2 is 1.95 bits per heavy atom. The highest BCUT2D eigenvalue weighted by Crippen LogP contribution is 2.28. The van der Waals surface area contributed by atoms with E-state index in [0.717, 1.165) is 8.95 Å². The Kier molecular flexibility index (Phi) is 4.03. The van der Waals surface area contributed by atoms with Crippen molar-refractivity contribution in [3.8, 4) is 5.75 Å². The molecule has 0 radical (unpaired) electrons. The number of halogens is 2. The zero-order valence-electron chi connectivity index (χ0n) is 10.7. The van der Waals surface area contributed by atoms with E-state index in [-0.39, 0.29) is 12.3 Å². The van der Waals surface area contributed by atoms with Gasteiger partial charge in [-0.05, 0) is 46.3 Å². The van der Waals surface area contributed by atoms with Gasteiger partial charge in [-0.3, -0.25) is 4.79 Å². The number of rotatable bonds is 3. The van der Waals surface area contributed by atoms with Crippen LogP contribution in [0.1, 0.15) is 0 Å². The van der Waals surface area contributed by atoms with Crippen LogP contribution in [0.25, 0.3) is 10.9 Å². The highest BCUT2D eigenvalue weighted by atomic mass is 79.9. The first-order valence-corrected chi connectivity index (χ1v) is 7.64. The lowest BCUT2D eigenvalue weighted by atomic mass is 10.2. The van der Waals surface area contributed by atoms with Gasteiger partial charge < -0.3 is 4.74 Å². The number of hydrogen-bond donors (Lipinski definition) is 0. The lowest BCUT2D eigenvalue weighted by molar-refractivity contribution is 0.209. The second kappa shape index (κ2) is 5.95. The fourth-order valence-corrected chi connectivity index (χ4v) is 2.99. The molecule has 3 rings (SSSR count).